The Kier molecular flexibility index (Phi) is 6.57. The van der Waals surface area contributed by atoms with E-state index < -0.39 is 0 Å². The molecule has 4 heteroatoms. The molecule has 0 aromatic carbocycles. The standard InChI is InChI=1S/C17H26N2O2/c1-3-9-19-17(15-8-11-21-13-15)6-5-16(18-4-2)14-7-10-20-12-14/h7-8,10-13,16-19H,3-6,9H2,1-2H3. The Morgan fingerprint density at radius 1 is 0.905 bits per heavy atom. The lowest BCUT2D eigenvalue weighted by molar-refractivity contribution is 0.419. The Morgan fingerprint density at radius 2 is 1.48 bits per heavy atom. The van der Waals surface area contributed by atoms with Crippen LogP contribution in [0.5, 0.6) is 0 Å². The molecule has 2 unspecified atom stereocenters. The van der Waals surface area contributed by atoms with Crippen LogP contribution in [0, 0.1) is 0 Å². The van der Waals surface area contributed by atoms with Gasteiger partial charge in [-0.25, -0.2) is 0 Å². The number of rotatable bonds is 10. The van der Waals surface area contributed by atoms with Crippen LogP contribution in [0.2, 0.25) is 0 Å². The van der Waals surface area contributed by atoms with Gasteiger partial charge in [0.05, 0.1) is 25.1 Å². The summed E-state index contributed by atoms with van der Waals surface area (Å²) < 4.78 is 10.4. The monoisotopic (exact) mass is 290 g/mol. The lowest BCUT2D eigenvalue weighted by Crippen LogP contribution is -2.25. The highest BCUT2D eigenvalue weighted by molar-refractivity contribution is 5.14. The molecule has 0 saturated carbocycles. The predicted octanol–water partition coefficient (Wildman–Crippen LogP) is 4.04. The van der Waals surface area contributed by atoms with Crippen molar-refractivity contribution in [3.05, 3.63) is 48.3 Å². The first kappa shape index (κ1) is 15.9. The van der Waals surface area contributed by atoms with Gasteiger partial charge in [0.15, 0.2) is 0 Å². The lowest BCUT2D eigenvalue weighted by atomic mass is 9.98. The molecule has 0 aliphatic carbocycles. The molecule has 0 amide bonds. The number of hydrogen-bond donors (Lipinski definition) is 2. The zero-order chi connectivity index (χ0) is 14.9. The maximum atomic E-state index is 5.23. The molecule has 0 spiro atoms. The van der Waals surface area contributed by atoms with E-state index in [9.17, 15) is 0 Å². The van der Waals surface area contributed by atoms with Crippen LogP contribution in [-0.4, -0.2) is 13.1 Å². The highest BCUT2D eigenvalue weighted by Crippen LogP contribution is 2.25. The van der Waals surface area contributed by atoms with Gasteiger partial charge in [-0.2, -0.15) is 0 Å². The minimum atomic E-state index is 0.339. The van der Waals surface area contributed by atoms with E-state index in [-0.39, 0.29) is 0 Å². The van der Waals surface area contributed by atoms with Gasteiger partial charge < -0.3 is 19.5 Å². The molecular weight excluding hydrogens is 264 g/mol. The first-order valence-electron chi connectivity index (χ1n) is 7.86. The molecule has 2 atom stereocenters. The fraction of sp³-hybridized carbons (Fsp3) is 0.529. The summed E-state index contributed by atoms with van der Waals surface area (Å²) >= 11 is 0. The minimum Gasteiger partial charge on any atom is -0.472 e. The van der Waals surface area contributed by atoms with Crippen molar-refractivity contribution in [2.75, 3.05) is 13.1 Å². The molecule has 2 N–H and O–H groups in total. The van der Waals surface area contributed by atoms with Gasteiger partial charge in [0, 0.05) is 23.2 Å². The Balaban J connectivity index is 1.95. The van der Waals surface area contributed by atoms with Gasteiger partial charge in [-0.15, -0.1) is 0 Å². The highest BCUT2D eigenvalue weighted by atomic mass is 16.3. The molecule has 0 saturated heterocycles. The van der Waals surface area contributed by atoms with E-state index in [2.05, 4.69) is 24.5 Å². The third-order valence-electron chi connectivity index (χ3n) is 3.73. The third kappa shape index (κ3) is 4.76. The Labute approximate surface area is 126 Å². The number of hydrogen-bond acceptors (Lipinski definition) is 4. The fourth-order valence-corrected chi connectivity index (χ4v) is 2.62. The molecule has 2 aromatic heterocycles. The van der Waals surface area contributed by atoms with E-state index in [0.717, 1.165) is 32.4 Å². The molecule has 116 valence electrons. The van der Waals surface area contributed by atoms with Crippen molar-refractivity contribution >= 4 is 0 Å². The zero-order valence-corrected chi connectivity index (χ0v) is 13.0. The van der Waals surface area contributed by atoms with Crippen LogP contribution >= 0.6 is 0 Å². The van der Waals surface area contributed by atoms with Crippen LogP contribution in [0.4, 0.5) is 0 Å². The van der Waals surface area contributed by atoms with Crippen molar-refractivity contribution in [1.29, 1.82) is 0 Å². The molecule has 2 aromatic rings. The first-order chi connectivity index (χ1) is 10.3. The maximum absolute atomic E-state index is 5.23. The van der Waals surface area contributed by atoms with Gasteiger partial charge in [0.1, 0.15) is 0 Å². The smallest absolute Gasteiger partial charge is 0.0950 e. The molecule has 0 radical (unpaired) electrons. The average Bonchev–Trinajstić information content (AvgIpc) is 3.19. The fourth-order valence-electron chi connectivity index (χ4n) is 2.62. The van der Waals surface area contributed by atoms with Crippen LogP contribution in [0.25, 0.3) is 0 Å². The second-order valence-corrected chi connectivity index (χ2v) is 5.31. The topological polar surface area (TPSA) is 50.3 Å². The van der Waals surface area contributed by atoms with Crippen LogP contribution in [-0.2, 0) is 0 Å². The summed E-state index contributed by atoms with van der Waals surface area (Å²) in [6, 6.07) is 4.77. The van der Waals surface area contributed by atoms with Gasteiger partial charge in [-0.3, -0.25) is 0 Å². The summed E-state index contributed by atoms with van der Waals surface area (Å²) in [6.45, 7) is 6.30. The van der Waals surface area contributed by atoms with Gasteiger partial charge >= 0.3 is 0 Å². The molecule has 2 rings (SSSR count). The van der Waals surface area contributed by atoms with E-state index in [0.29, 0.717) is 12.1 Å². The molecule has 0 aliphatic heterocycles. The zero-order valence-electron chi connectivity index (χ0n) is 13.0. The summed E-state index contributed by atoms with van der Waals surface area (Å²) in [5.74, 6) is 0. The van der Waals surface area contributed by atoms with E-state index in [1.54, 1.807) is 12.5 Å². The van der Waals surface area contributed by atoms with Gasteiger partial charge in [-0.05, 0) is 44.5 Å². The Hall–Kier alpha value is -1.52. The van der Waals surface area contributed by atoms with Gasteiger partial charge in [0.25, 0.3) is 0 Å². The van der Waals surface area contributed by atoms with Crippen molar-refractivity contribution in [2.45, 2.75) is 45.2 Å². The molecule has 4 nitrogen and oxygen atoms in total. The van der Waals surface area contributed by atoms with E-state index in [4.69, 9.17) is 8.83 Å². The normalized spacial score (nSPS) is 14.2. The van der Waals surface area contributed by atoms with E-state index in [1.807, 2.05) is 24.7 Å². The van der Waals surface area contributed by atoms with Gasteiger partial charge in [-0.1, -0.05) is 13.8 Å². The molecule has 21 heavy (non-hydrogen) atoms. The molecule has 0 fully saturated rings. The largest absolute Gasteiger partial charge is 0.472 e. The summed E-state index contributed by atoms with van der Waals surface area (Å²) in [7, 11) is 0. The third-order valence-corrected chi connectivity index (χ3v) is 3.73. The molecule has 0 bridgehead atoms. The second kappa shape index (κ2) is 8.70. The second-order valence-electron chi connectivity index (χ2n) is 5.31. The first-order valence-corrected chi connectivity index (χ1v) is 7.86. The summed E-state index contributed by atoms with van der Waals surface area (Å²) in [6.07, 6.45) is 10.4. The average molecular weight is 290 g/mol. The SMILES string of the molecule is CCCNC(CCC(NCC)c1ccoc1)c1ccoc1. The van der Waals surface area contributed by atoms with Crippen molar-refractivity contribution in [2.24, 2.45) is 0 Å². The van der Waals surface area contributed by atoms with Crippen molar-refractivity contribution < 1.29 is 8.83 Å². The van der Waals surface area contributed by atoms with Gasteiger partial charge in [0.2, 0.25) is 0 Å². The highest BCUT2D eigenvalue weighted by Gasteiger charge is 2.17. The van der Waals surface area contributed by atoms with Crippen LogP contribution in [0.15, 0.2) is 46.0 Å². The Bertz CT molecular complexity index is 465. The van der Waals surface area contributed by atoms with Crippen molar-refractivity contribution in [3.8, 4) is 0 Å². The van der Waals surface area contributed by atoms with Crippen molar-refractivity contribution in [3.63, 3.8) is 0 Å². The van der Waals surface area contributed by atoms with E-state index >= 15 is 0 Å². The molecule has 0 aliphatic rings. The van der Waals surface area contributed by atoms with Crippen molar-refractivity contribution in [1.82, 2.24) is 10.6 Å². The summed E-state index contributed by atoms with van der Waals surface area (Å²) in [5.41, 5.74) is 2.45. The van der Waals surface area contributed by atoms with E-state index in [1.165, 1.54) is 11.1 Å². The number of furan rings is 2. The summed E-state index contributed by atoms with van der Waals surface area (Å²) in [4.78, 5) is 0. The predicted molar refractivity (Wildman–Crippen MR) is 84.1 cm³/mol. The lowest BCUT2D eigenvalue weighted by Gasteiger charge is -2.21. The quantitative estimate of drug-likeness (QED) is 0.693. The molecular formula is C17H26N2O2. The molecule has 2 heterocycles. The maximum Gasteiger partial charge on any atom is 0.0950 e. The number of nitrogens with one attached hydrogen (secondary N) is 2. The van der Waals surface area contributed by atoms with Crippen LogP contribution in [0.1, 0.15) is 56.3 Å². The Morgan fingerprint density at radius 3 is 1.90 bits per heavy atom. The summed E-state index contributed by atoms with van der Waals surface area (Å²) in [5, 5.41) is 7.13. The van der Waals surface area contributed by atoms with Crippen LogP contribution in [0.3, 0.4) is 0 Å². The van der Waals surface area contributed by atoms with Crippen LogP contribution < -0.4 is 10.6 Å². The minimum absolute atomic E-state index is 0.339.